The van der Waals surface area contributed by atoms with E-state index in [1.807, 2.05) is 13.0 Å². The Kier molecular flexibility index (Phi) is 4.22. The molecule has 0 fully saturated rings. The zero-order chi connectivity index (χ0) is 12.8. The molecule has 0 radical (unpaired) electrons. The van der Waals surface area contributed by atoms with E-state index in [9.17, 15) is 0 Å². The molecule has 0 aliphatic carbocycles. The minimum atomic E-state index is 0.767. The van der Waals surface area contributed by atoms with Crippen LogP contribution >= 0.6 is 0 Å². The maximum Gasteiger partial charge on any atom is 0.0456 e. The quantitative estimate of drug-likeness (QED) is 0.608. The van der Waals surface area contributed by atoms with Crippen LogP contribution in [-0.4, -0.2) is 18.1 Å². The fraction of sp³-hybridized carbons (Fsp3) is 0.250. The van der Waals surface area contributed by atoms with Crippen LogP contribution in [0, 0.1) is 11.8 Å². The minimum absolute atomic E-state index is 0.767. The standard InChI is InChI=1S/C16H18N2/c1-3-6-13(2)11-17-10-9-14-12-18-16-8-5-4-7-15(14)16/h4-5,7-8,12,17-18H,2,9-11H2,1H3. The average Bonchev–Trinajstić information content (AvgIpc) is 2.78. The van der Waals surface area contributed by atoms with Crippen LogP contribution in [0.4, 0.5) is 0 Å². The highest BCUT2D eigenvalue weighted by molar-refractivity contribution is 5.83. The number of aromatic amines is 1. The second kappa shape index (κ2) is 6.09. The predicted molar refractivity (Wildman–Crippen MR) is 77.5 cm³/mol. The molecule has 2 N–H and O–H groups in total. The molecule has 2 rings (SSSR count). The van der Waals surface area contributed by atoms with Gasteiger partial charge in [-0.3, -0.25) is 0 Å². The summed E-state index contributed by atoms with van der Waals surface area (Å²) in [7, 11) is 0. The molecule has 1 heterocycles. The molecule has 18 heavy (non-hydrogen) atoms. The second-order valence-corrected chi connectivity index (χ2v) is 4.26. The molecule has 2 aromatic rings. The lowest BCUT2D eigenvalue weighted by Crippen LogP contribution is -2.19. The Balaban J connectivity index is 1.87. The molecule has 0 saturated carbocycles. The van der Waals surface area contributed by atoms with Crippen LogP contribution in [0.15, 0.2) is 42.6 Å². The van der Waals surface area contributed by atoms with Gasteiger partial charge in [-0.25, -0.2) is 0 Å². The molecule has 0 amide bonds. The van der Waals surface area contributed by atoms with Crippen LogP contribution in [0.5, 0.6) is 0 Å². The van der Waals surface area contributed by atoms with Gasteiger partial charge in [-0.15, -0.1) is 5.92 Å². The van der Waals surface area contributed by atoms with Gasteiger partial charge in [0.05, 0.1) is 0 Å². The van der Waals surface area contributed by atoms with Gasteiger partial charge >= 0.3 is 0 Å². The normalized spacial score (nSPS) is 10.1. The minimum Gasteiger partial charge on any atom is -0.361 e. The Morgan fingerprint density at radius 1 is 1.39 bits per heavy atom. The lowest BCUT2D eigenvalue weighted by molar-refractivity contribution is 0.739. The van der Waals surface area contributed by atoms with Crippen molar-refractivity contribution in [2.24, 2.45) is 0 Å². The Bertz CT molecular complexity index is 596. The number of hydrogen-bond donors (Lipinski definition) is 2. The topological polar surface area (TPSA) is 27.8 Å². The van der Waals surface area contributed by atoms with Crippen molar-refractivity contribution in [3.8, 4) is 11.8 Å². The highest BCUT2D eigenvalue weighted by Crippen LogP contribution is 2.17. The van der Waals surface area contributed by atoms with Gasteiger partial charge in [-0.1, -0.05) is 30.7 Å². The van der Waals surface area contributed by atoms with Crippen molar-refractivity contribution in [3.05, 3.63) is 48.2 Å². The van der Waals surface area contributed by atoms with Crippen LogP contribution < -0.4 is 5.32 Å². The first kappa shape index (κ1) is 12.5. The number of benzene rings is 1. The molecule has 0 atom stereocenters. The number of hydrogen-bond acceptors (Lipinski definition) is 1. The van der Waals surface area contributed by atoms with E-state index in [4.69, 9.17) is 0 Å². The number of H-pyrrole nitrogens is 1. The Morgan fingerprint density at radius 3 is 3.06 bits per heavy atom. The summed E-state index contributed by atoms with van der Waals surface area (Å²) >= 11 is 0. The van der Waals surface area contributed by atoms with Crippen LogP contribution in [0.3, 0.4) is 0 Å². The van der Waals surface area contributed by atoms with Gasteiger partial charge in [0, 0.05) is 29.2 Å². The van der Waals surface area contributed by atoms with Gasteiger partial charge < -0.3 is 10.3 Å². The molecule has 0 aliphatic rings. The SMILES string of the molecule is C=C(C#CC)CNCCc1c[nH]c2ccccc12. The third kappa shape index (κ3) is 3.03. The molecule has 2 heteroatoms. The summed E-state index contributed by atoms with van der Waals surface area (Å²) in [5, 5.41) is 4.67. The Morgan fingerprint density at radius 2 is 2.22 bits per heavy atom. The van der Waals surface area contributed by atoms with E-state index in [0.717, 1.165) is 25.1 Å². The molecule has 0 bridgehead atoms. The fourth-order valence-electron chi connectivity index (χ4n) is 2.02. The summed E-state index contributed by atoms with van der Waals surface area (Å²) < 4.78 is 0. The highest BCUT2D eigenvalue weighted by Gasteiger charge is 2.01. The first-order valence-corrected chi connectivity index (χ1v) is 6.17. The van der Waals surface area contributed by atoms with Gasteiger partial charge in [0.1, 0.15) is 0 Å². The van der Waals surface area contributed by atoms with Crippen molar-refractivity contribution in [2.45, 2.75) is 13.3 Å². The van der Waals surface area contributed by atoms with Crippen molar-refractivity contribution in [1.29, 1.82) is 0 Å². The lowest BCUT2D eigenvalue weighted by Gasteiger charge is -2.03. The van der Waals surface area contributed by atoms with E-state index >= 15 is 0 Å². The zero-order valence-electron chi connectivity index (χ0n) is 10.7. The number of fused-ring (bicyclic) bond motifs is 1. The summed E-state index contributed by atoms with van der Waals surface area (Å²) in [5.41, 5.74) is 3.50. The van der Waals surface area contributed by atoms with Crippen molar-refractivity contribution in [2.75, 3.05) is 13.1 Å². The number of para-hydroxylation sites is 1. The lowest BCUT2D eigenvalue weighted by atomic mass is 10.1. The molecule has 0 aliphatic heterocycles. The highest BCUT2D eigenvalue weighted by atomic mass is 14.8. The summed E-state index contributed by atoms with van der Waals surface area (Å²) in [5.74, 6) is 5.81. The molecule has 1 aromatic carbocycles. The predicted octanol–water partition coefficient (Wildman–Crippen LogP) is 2.88. The van der Waals surface area contributed by atoms with Gasteiger partial charge in [-0.05, 0) is 31.5 Å². The maximum absolute atomic E-state index is 3.89. The van der Waals surface area contributed by atoms with Crippen molar-refractivity contribution < 1.29 is 0 Å². The third-order valence-corrected chi connectivity index (χ3v) is 2.89. The molecular weight excluding hydrogens is 220 g/mol. The van der Waals surface area contributed by atoms with Gasteiger partial charge in [0.15, 0.2) is 0 Å². The number of rotatable bonds is 5. The van der Waals surface area contributed by atoms with E-state index in [-0.39, 0.29) is 0 Å². The van der Waals surface area contributed by atoms with E-state index in [1.165, 1.54) is 16.5 Å². The molecule has 0 spiro atoms. The Hall–Kier alpha value is -1.98. The monoisotopic (exact) mass is 238 g/mol. The smallest absolute Gasteiger partial charge is 0.0456 e. The zero-order valence-corrected chi connectivity index (χ0v) is 10.7. The molecule has 2 nitrogen and oxygen atoms in total. The average molecular weight is 238 g/mol. The third-order valence-electron chi connectivity index (χ3n) is 2.89. The van der Waals surface area contributed by atoms with Gasteiger partial charge in [-0.2, -0.15) is 0 Å². The number of aromatic nitrogens is 1. The fourth-order valence-corrected chi connectivity index (χ4v) is 2.02. The maximum atomic E-state index is 3.89. The molecule has 0 saturated heterocycles. The van der Waals surface area contributed by atoms with Crippen LogP contribution in [-0.2, 0) is 6.42 Å². The van der Waals surface area contributed by atoms with Crippen LogP contribution in [0.2, 0.25) is 0 Å². The first-order valence-electron chi connectivity index (χ1n) is 6.17. The largest absolute Gasteiger partial charge is 0.361 e. The summed E-state index contributed by atoms with van der Waals surface area (Å²) in [6, 6.07) is 8.38. The van der Waals surface area contributed by atoms with Gasteiger partial charge in [0.2, 0.25) is 0 Å². The van der Waals surface area contributed by atoms with E-state index in [2.05, 4.69) is 53.1 Å². The van der Waals surface area contributed by atoms with E-state index in [1.54, 1.807) is 0 Å². The summed E-state index contributed by atoms with van der Waals surface area (Å²) in [6.07, 6.45) is 3.10. The van der Waals surface area contributed by atoms with Crippen molar-refractivity contribution >= 4 is 10.9 Å². The molecule has 92 valence electrons. The molecular formula is C16H18N2. The van der Waals surface area contributed by atoms with Crippen LogP contribution in [0.25, 0.3) is 10.9 Å². The first-order chi connectivity index (χ1) is 8.81. The van der Waals surface area contributed by atoms with Crippen molar-refractivity contribution in [3.63, 3.8) is 0 Å². The van der Waals surface area contributed by atoms with Gasteiger partial charge in [0.25, 0.3) is 0 Å². The molecule has 1 aromatic heterocycles. The van der Waals surface area contributed by atoms with E-state index < -0.39 is 0 Å². The summed E-state index contributed by atoms with van der Waals surface area (Å²) in [4.78, 5) is 3.29. The Labute approximate surface area is 108 Å². The summed E-state index contributed by atoms with van der Waals surface area (Å²) in [6.45, 7) is 7.42. The molecule has 0 unspecified atom stereocenters. The van der Waals surface area contributed by atoms with E-state index in [0.29, 0.717) is 0 Å². The second-order valence-electron chi connectivity index (χ2n) is 4.26. The van der Waals surface area contributed by atoms with Crippen molar-refractivity contribution in [1.82, 2.24) is 10.3 Å². The van der Waals surface area contributed by atoms with Crippen LogP contribution in [0.1, 0.15) is 12.5 Å². The number of nitrogens with one attached hydrogen (secondary N) is 2.